The fraction of sp³-hybridized carbons (Fsp3) is 0.419. The first-order valence-electron chi connectivity index (χ1n) is 13.8. The molecule has 0 atom stereocenters. The molecule has 1 aromatic heterocycles. The van der Waals surface area contributed by atoms with E-state index >= 15 is 0 Å². The lowest BCUT2D eigenvalue weighted by molar-refractivity contribution is -0.143. The Bertz CT molecular complexity index is 1440. The molecule has 0 bridgehead atoms. The van der Waals surface area contributed by atoms with Crippen LogP contribution < -0.4 is 15.7 Å². The van der Waals surface area contributed by atoms with Gasteiger partial charge in [-0.1, -0.05) is 41.9 Å². The number of fused-ring (bicyclic) bond motifs is 1. The molecule has 4 rings (SSSR count). The second kappa shape index (κ2) is 14.2. The maximum Gasteiger partial charge on any atom is 0.407 e. The first kappa shape index (κ1) is 30.1. The summed E-state index contributed by atoms with van der Waals surface area (Å²) in [6.07, 6.45) is 2.53. The maximum atomic E-state index is 12.9. The van der Waals surface area contributed by atoms with Crippen LogP contribution in [-0.2, 0) is 32.1 Å². The SMILES string of the molecule is CCOC(=O)CCc1c(C)c2cc(Cl)c(OC(=O)C3CCC(CNC(=O)OCc4ccccc4)CC3)cc2oc1=O. The monoisotopic (exact) mass is 583 g/mol. The lowest BCUT2D eigenvalue weighted by Crippen LogP contribution is -2.33. The second-order valence-electron chi connectivity index (χ2n) is 10.2. The standard InChI is InChI=1S/C31H34ClNO8/c1-3-38-28(34)14-13-23-19(2)24-15-25(32)27(16-26(24)40-30(23)36)41-29(35)22-11-9-20(10-12-22)17-33-31(37)39-18-21-7-5-4-6-8-21/h4-8,15-16,20,22H,3,9-14,17-18H2,1-2H3,(H,33,37). The summed E-state index contributed by atoms with van der Waals surface area (Å²) < 4.78 is 21.3. The van der Waals surface area contributed by atoms with E-state index in [1.54, 1.807) is 19.9 Å². The lowest BCUT2D eigenvalue weighted by Gasteiger charge is -2.27. The number of aryl methyl sites for hydroxylation is 1. The van der Waals surface area contributed by atoms with Gasteiger partial charge in [-0.25, -0.2) is 9.59 Å². The highest BCUT2D eigenvalue weighted by atomic mass is 35.5. The van der Waals surface area contributed by atoms with Gasteiger partial charge in [0.25, 0.3) is 0 Å². The number of amides is 1. The zero-order valence-corrected chi connectivity index (χ0v) is 24.0. The van der Waals surface area contributed by atoms with Crippen LogP contribution in [0.1, 0.15) is 55.7 Å². The van der Waals surface area contributed by atoms with Crippen LogP contribution in [0, 0.1) is 18.8 Å². The summed E-state index contributed by atoms with van der Waals surface area (Å²) in [6.45, 7) is 4.44. The smallest absolute Gasteiger partial charge is 0.407 e. The molecule has 218 valence electrons. The zero-order chi connectivity index (χ0) is 29.4. The molecule has 3 aromatic rings. The average Bonchev–Trinajstić information content (AvgIpc) is 2.97. The van der Waals surface area contributed by atoms with Gasteiger partial charge in [-0.05, 0) is 69.1 Å². The Morgan fingerprint density at radius 1 is 1.05 bits per heavy atom. The molecule has 1 saturated carbocycles. The van der Waals surface area contributed by atoms with Crippen molar-refractivity contribution in [1.82, 2.24) is 5.32 Å². The van der Waals surface area contributed by atoms with E-state index in [2.05, 4.69) is 5.32 Å². The van der Waals surface area contributed by atoms with Gasteiger partial charge in [-0.15, -0.1) is 0 Å². The Morgan fingerprint density at radius 3 is 2.49 bits per heavy atom. The molecule has 0 spiro atoms. The highest BCUT2D eigenvalue weighted by Crippen LogP contribution is 2.35. The third-order valence-corrected chi connectivity index (χ3v) is 7.66. The van der Waals surface area contributed by atoms with Crippen molar-refractivity contribution < 1.29 is 33.0 Å². The number of ether oxygens (including phenoxy) is 3. The molecular weight excluding hydrogens is 550 g/mol. The number of halogens is 1. The summed E-state index contributed by atoms with van der Waals surface area (Å²) in [7, 11) is 0. The molecule has 1 fully saturated rings. The van der Waals surface area contributed by atoms with E-state index in [1.165, 1.54) is 6.07 Å². The van der Waals surface area contributed by atoms with Crippen LogP contribution in [0.25, 0.3) is 11.0 Å². The van der Waals surface area contributed by atoms with Gasteiger partial charge in [-0.2, -0.15) is 0 Å². The number of esters is 2. The molecule has 41 heavy (non-hydrogen) atoms. The molecular formula is C31H34ClNO8. The molecule has 0 aliphatic heterocycles. The molecule has 1 aliphatic rings. The van der Waals surface area contributed by atoms with Gasteiger partial charge in [0.1, 0.15) is 12.2 Å². The van der Waals surface area contributed by atoms with Crippen LogP contribution in [0.5, 0.6) is 5.75 Å². The first-order valence-corrected chi connectivity index (χ1v) is 14.2. The summed E-state index contributed by atoms with van der Waals surface area (Å²) in [5.74, 6) is -0.732. The third kappa shape index (κ3) is 8.10. The number of rotatable bonds is 10. The fourth-order valence-electron chi connectivity index (χ4n) is 5.01. The molecule has 1 heterocycles. The normalized spacial score (nSPS) is 16.7. The number of alkyl carbamates (subject to hydrolysis) is 1. The Kier molecular flexibility index (Phi) is 10.4. The number of carbonyl (C=O) groups is 3. The van der Waals surface area contributed by atoms with Crippen molar-refractivity contribution in [1.29, 1.82) is 0 Å². The number of carbonyl (C=O) groups excluding carboxylic acids is 3. The van der Waals surface area contributed by atoms with Crippen molar-refractivity contribution in [3.63, 3.8) is 0 Å². The van der Waals surface area contributed by atoms with Crippen LogP contribution in [0.2, 0.25) is 5.02 Å². The van der Waals surface area contributed by atoms with Crippen molar-refractivity contribution in [2.24, 2.45) is 11.8 Å². The van der Waals surface area contributed by atoms with Crippen molar-refractivity contribution in [2.75, 3.05) is 13.2 Å². The largest absolute Gasteiger partial charge is 0.466 e. The lowest BCUT2D eigenvalue weighted by atomic mass is 9.82. The number of hydrogen-bond acceptors (Lipinski definition) is 8. The number of nitrogens with one attached hydrogen (secondary N) is 1. The minimum Gasteiger partial charge on any atom is -0.466 e. The van der Waals surface area contributed by atoms with Crippen molar-refractivity contribution >= 4 is 40.6 Å². The van der Waals surface area contributed by atoms with E-state index in [0.29, 0.717) is 35.9 Å². The molecule has 1 N–H and O–H groups in total. The van der Waals surface area contributed by atoms with E-state index in [1.807, 2.05) is 30.3 Å². The second-order valence-corrected chi connectivity index (χ2v) is 10.6. The van der Waals surface area contributed by atoms with Gasteiger partial charge in [0.2, 0.25) is 0 Å². The van der Waals surface area contributed by atoms with Crippen LogP contribution >= 0.6 is 11.6 Å². The van der Waals surface area contributed by atoms with Crippen molar-refractivity contribution in [3.8, 4) is 5.75 Å². The molecule has 9 nitrogen and oxygen atoms in total. The maximum absolute atomic E-state index is 12.9. The van der Waals surface area contributed by atoms with E-state index in [9.17, 15) is 19.2 Å². The van der Waals surface area contributed by atoms with E-state index in [4.69, 9.17) is 30.2 Å². The fourth-order valence-corrected chi connectivity index (χ4v) is 5.22. The average molecular weight is 584 g/mol. The van der Waals surface area contributed by atoms with Gasteiger partial charge < -0.3 is 23.9 Å². The highest BCUT2D eigenvalue weighted by molar-refractivity contribution is 6.33. The quantitative estimate of drug-likeness (QED) is 0.178. The van der Waals surface area contributed by atoms with Gasteiger partial charge in [-0.3, -0.25) is 9.59 Å². The van der Waals surface area contributed by atoms with Crippen molar-refractivity contribution in [3.05, 3.63) is 74.6 Å². The van der Waals surface area contributed by atoms with Gasteiger partial charge in [0.15, 0.2) is 5.75 Å². The molecule has 2 aromatic carbocycles. The van der Waals surface area contributed by atoms with E-state index in [0.717, 1.165) is 18.4 Å². The van der Waals surface area contributed by atoms with Crippen LogP contribution in [0.4, 0.5) is 4.79 Å². The topological polar surface area (TPSA) is 121 Å². The summed E-state index contributed by atoms with van der Waals surface area (Å²) >= 11 is 6.45. The van der Waals surface area contributed by atoms with Crippen molar-refractivity contribution in [2.45, 2.75) is 59.0 Å². The molecule has 1 amide bonds. The van der Waals surface area contributed by atoms with E-state index < -0.39 is 23.7 Å². The minimum atomic E-state index is -0.560. The van der Waals surface area contributed by atoms with E-state index in [-0.39, 0.29) is 54.2 Å². The highest BCUT2D eigenvalue weighted by Gasteiger charge is 2.29. The molecule has 0 unspecified atom stereocenters. The Hall–Kier alpha value is -3.85. The van der Waals surface area contributed by atoms with Crippen LogP contribution in [0.15, 0.2) is 51.7 Å². The number of hydrogen-bond donors (Lipinski definition) is 1. The first-order chi connectivity index (χ1) is 19.7. The molecule has 0 saturated heterocycles. The van der Waals surface area contributed by atoms with Gasteiger partial charge >= 0.3 is 23.7 Å². The minimum absolute atomic E-state index is 0.0605. The van der Waals surface area contributed by atoms with Gasteiger partial charge in [0.05, 0.1) is 17.5 Å². The Balaban J connectivity index is 1.29. The summed E-state index contributed by atoms with van der Waals surface area (Å²) in [6, 6.07) is 12.5. The Morgan fingerprint density at radius 2 is 1.78 bits per heavy atom. The molecule has 1 aliphatic carbocycles. The predicted molar refractivity (Wildman–Crippen MR) is 153 cm³/mol. The predicted octanol–water partition coefficient (Wildman–Crippen LogP) is 5.89. The van der Waals surface area contributed by atoms with Crippen LogP contribution in [0.3, 0.4) is 0 Å². The van der Waals surface area contributed by atoms with Crippen LogP contribution in [-0.4, -0.2) is 31.2 Å². The molecule has 0 radical (unpaired) electrons. The summed E-state index contributed by atoms with van der Waals surface area (Å²) in [5, 5.41) is 3.62. The summed E-state index contributed by atoms with van der Waals surface area (Å²) in [4.78, 5) is 49.3. The molecule has 10 heteroatoms. The number of benzene rings is 2. The summed E-state index contributed by atoms with van der Waals surface area (Å²) in [5.41, 5.74) is 1.63. The third-order valence-electron chi connectivity index (χ3n) is 7.36. The van der Waals surface area contributed by atoms with Gasteiger partial charge in [0, 0.05) is 30.0 Å². The zero-order valence-electron chi connectivity index (χ0n) is 23.2. The Labute approximate surface area is 243 Å².